The summed E-state index contributed by atoms with van der Waals surface area (Å²) in [6.45, 7) is 2.05. The second-order valence-corrected chi connectivity index (χ2v) is 4.36. The van der Waals surface area contributed by atoms with Gasteiger partial charge in [-0.15, -0.1) is 5.10 Å². The van der Waals surface area contributed by atoms with Crippen molar-refractivity contribution in [1.29, 1.82) is 0 Å². The van der Waals surface area contributed by atoms with E-state index in [2.05, 4.69) is 22.1 Å². The molecule has 0 aliphatic rings. The van der Waals surface area contributed by atoms with Gasteiger partial charge in [0.25, 0.3) is 0 Å². The summed E-state index contributed by atoms with van der Waals surface area (Å²) >= 11 is 0. The summed E-state index contributed by atoms with van der Waals surface area (Å²) in [5.74, 6) is 0.234. The van der Waals surface area contributed by atoms with Gasteiger partial charge in [0, 0.05) is 28.7 Å². The van der Waals surface area contributed by atoms with Gasteiger partial charge in [0.2, 0.25) is 0 Å². The Morgan fingerprint density at radius 1 is 1.16 bits per heavy atom. The normalized spacial score (nSPS) is 10.8. The van der Waals surface area contributed by atoms with Crippen molar-refractivity contribution in [3.63, 3.8) is 0 Å². The summed E-state index contributed by atoms with van der Waals surface area (Å²) in [5, 5.41) is 20.1. The van der Waals surface area contributed by atoms with E-state index in [0.717, 1.165) is 22.8 Å². The maximum Gasteiger partial charge on any atom is 0.125 e. The molecule has 0 saturated carbocycles. The van der Waals surface area contributed by atoms with Gasteiger partial charge < -0.3 is 5.11 Å². The van der Waals surface area contributed by atoms with Crippen LogP contribution in [0.5, 0.6) is 5.75 Å². The second-order valence-electron chi connectivity index (χ2n) is 4.36. The Morgan fingerprint density at radius 2 is 2.05 bits per heavy atom. The van der Waals surface area contributed by atoms with Crippen molar-refractivity contribution in [1.82, 2.24) is 15.2 Å². The minimum atomic E-state index is 0.234. The third-order valence-electron chi connectivity index (χ3n) is 3.19. The summed E-state index contributed by atoms with van der Waals surface area (Å²) in [5.41, 5.74) is 2.47. The molecule has 0 atom stereocenters. The van der Waals surface area contributed by atoms with Crippen LogP contribution in [0.1, 0.15) is 12.5 Å². The van der Waals surface area contributed by atoms with E-state index in [1.807, 2.05) is 18.2 Å². The van der Waals surface area contributed by atoms with Gasteiger partial charge in [0.05, 0.1) is 6.20 Å². The first kappa shape index (κ1) is 11.6. The number of rotatable bonds is 2. The molecule has 0 aliphatic carbocycles. The molecule has 3 rings (SSSR count). The summed E-state index contributed by atoms with van der Waals surface area (Å²) < 4.78 is 0. The lowest BCUT2D eigenvalue weighted by atomic mass is 10.0. The van der Waals surface area contributed by atoms with E-state index in [9.17, 15) is 5.11 Å². The highest BCUT2D eigenvalue weighted by molar-refractivity contribution is 5.94. The fraction of sp³-hybridized carbons (Fsp3) is 0.133. The van der Waals surface area contributed by atoms with Crippen LogP contribution < -0.4 is 0 Å². The van der Waals surface area contributed by atoms with Crippen LogP contribution in [0.3, 0.4) is 0 Å². The molecule has 0 bridgehead atoms. The SMILES string of the molecule is CCc1ccc(-c2nncc3cnccc23)c(O)c1. The van der Waals surface area contributed by atoms with E-state index in [1.165, 1.54) is 0 Å². The van der Waals surface area contributed by atoms with Gasteiger partial charge in [-0.05, 0) is 30.2 Å². The van der Waals surface area contributed by atoms with Crippen LogP contribution in [0.4, 0.5) is 0 Å². The van der Waals surface area contributed by atoms with Gasteiger partial charge >= 0.3 is 0 Å². The van der Waals surface area contributed by atoms with Crippen molar-refractivity contribution in [2.75, 3.05) is 0 Å². The molecule has 1 aromatic carbocycles. The van der Waals surface area contributed by atoms with Crippen molar-refractivity contribution < 1.29 is 5.11 Å². The Balaban J connectivity index is 2.24. The Bertz CT molecular complexity index is 735. The Hall–Kier alpha value is -2.49. The molecule has 19 heavy (non-hydrogen) atoms. The van der Waals surface area contributed by atoms with Crippen LogP contribution in [0.2, 0.25) is 0 Å². The fourth-order valence-corrected chi connectivity index (χ4v) is 2.12. The molecule has 3 aromatic rings. The van der Waals surface area contributed by atoms with Gasteiger partial charge in [-0.3, -0.25) is 4.98 Å². The summed E-state index contributed by atoms with van der Waals surface area (Å²) in [7, 11) is 0. The lowest BCUT2D eigenvalue weighted by Gasteiger charge is -2.07. The Labute approximate surface area is 110 Å². The van der Waals surface area contributed by atoms with Crippen LogP contribution >= 0.6 is 0 Å². The number of aryl methyl sites for hydroxylation is 1. The number of nitrogens with zero attached hydrogens (tertiary/aromatic N) is 3. The standard InChI is InChI=1S/C15H13N3O/c1-2-10-3-4-13(14(19)7-10)15-12-5-6-16-8-11(12)9-17-18-15/h3-9,19H,2H2,1H3. The highest BCUT2D eigenvalue weighted by Gasteiger charge is 2.10. The second kappa shape index (κ2) is 4.65. The molecule has 0 saturated heterocycles. The maximum atomic E-state index is 10.2. The van der Waals surface area contributed by atoms with Crippen LogP contribution in [0, 0.1) is 0 Å². The van der Waals surface area contributed by atoms with E-state index in [0.29, 0.717) is 11.3 Å². The zero-order valence-corrected chi connectivity index (χ0v) is 10.5. The molecule has 94 valence electrons. The first-order chi connectivity index (χ1) is 9.29. The topological polar surface area (TPSA) is 58.9 Å². The molecular weight excluding hydrogens is 238 g/mol. The number of fused-ring (bicyclic) bond motifs is 1. The zero-order valence-electron chi connectivity index (χ0n) is 10.5. The third-order valence-corrected chi connectivity index (χ3v) is 3.19. The number of aromatic nitrogens is 3. The van der Waals surface area contributed by atoms with Crippen molar-refractivity contribution >= 4 is 10.8 Å². The fourth-order valence-electron chi connectivity index (χ4n) is 2.12. The van der Waals surface area contributed by atoms with Crippen molar-refractivity contribution in [3.05, 3.63) is 48.4 Å². The molecule has 0 radical (unpaired) electrons. The van der Waals surface area contributed by atoms with Gasteiger partial charge in [-0.2, -0.15) is 5.10 Å². The van der Waals surface area contributed by atoms with Gasteiger partial charge in [0.15, 0.2) is 0 Å². The first-order valence-electron chi connectivity index (χ1n) is 6.17. The number of phenolic OH excluding ortho intramolecular Hbond substituents is 1. The predicted molar refractivity (Wildman–Crippen MR) is 73.8 cm³/mol. The molecule has 4 nitrogen and oxygen atoms in total. The van der Waals surface area contributed by atoms with E-state index in [-0.39, 0.29) is 5.75 Å². The Kier molecular flexibility index (Phi) is 2.83. The molecule has 0 unspecified atom stereocenters. The highest BCUT2D eigenvalue weighted by atomic mass is 16.3. The summed E-state index contributed by atoms with van der Waals surface area (Å²) in [6, 6.07) is 7.54. The predicted octanol–water partition coefficient (Wildman–Crippen LogP) is 2.96. The number of hydrogen-bond acceptors (Lipinski definition) is 4. The highest BCUT2D eigenvalue weighted by Crippen LogP contribution is 2.32. The monoisotopic (exact) mass is 251 g/mol. The van der Waals surface area contributed by atoms with E-state index >= 15 is 0 Å². The largest absolute Gasteiger partial charge is 0.507 e. The van der Waals surface area contributed by atoms with Crippen LogP contribution in [-0.4, -0.2) is 20.3 Å². The number of pyridine rings is 1. The lowest BCUT2D eigenvalue weighted by Crippen LogP contribution is -1.91. The quantitative estimate of drug-likeness (QED) is 0.760. The molecule has 0 amide bonds. The van der Waals surface area contributed by atoms with Crippen LogP contribution in [-0.2, 0) is 6.42 Å². The third kappa shape index (κ3) is 2.01. The molecule has 4 heteroatoms. The molecule has 0 fully saturated rings. The molecular formula is C15H13N3O. The average Bonchev–Trinajstić information content (AvgIpc) is 2.46. The van der Waals surface area contributed by atoms with E-state index in [1.54, 1.807) is 24.7 Å². The van der Waals surface area contributed by atoms with Crippen LogP contribution in [0.25, 0.3) is 22.0 Å². The lowest BCUT2D eigenvalue weighted by molar-refractivity contribution is 0.476. The van der Waals surface area contributed by atoms with E-state index in [4.69, 9.17) is 0 Å². The van der Waals surface area contributed by atoms with Crippen molar-refractivity contribution in [3.8, 4) is 17.0 Å². The molecule has 0 spiro atoms. The summed E-state index contributed by atoms with van der Waals surface area (Å²) in [4.78, 5) is 4.07. The maximum absolute atomic E-state index is 10.2. The number of benzene rings is 1. The van der Waals surface area contributed by atoms with Gasteiger partial charge in [0.1, 0.15) is 11.4 Å². The number of phenols is 1. The average molecular weight is 251 g/mol. The minimum Gasteiger partial charge on any atom is -0.507 e. The Morgan fingerprint density at radius 3 is 2.84 bits per heavy atom. The van der Waals surface area contributed by atoms with Gasteiger partial charge in [-0.1, -0.05) is 13.0 Å². The smallest absolute Gasteiger partial charge is 0.125 e. The number of aromatic hydroxyl groups is 1. The minimum absolute atomic E-state index is 0.234. The molecule has 0 aliphatic heterocycles. The van der Waals surface area contributed by atoms with E-state index < -0.39 is 0 Å². The van der Waals surface area contributed by atoms with Gasteiger partial charge in [-0.25, -0.2) is 0 Å². The number of hydrogen-bond donors (Lipinski definition) is 1. The first-order valence-corrected chi connectivity index (χ1v) is 6.17. The molecule has 1 N–H and O–H groups in total. The molecule has 2 heterocycles. The van der Waals surface area contributed by atoms with Crippen molar-refractivity contribution in [2.45, 2.75) is 13.3 Å². The molecule has 2 aromatic heterocycles. The van der Waals surface area contributed by atoms with Crippen molar-refractivity contribution in [2.24, 2.45) is 0 Å². The summed E-state index contributed by atoms with van der Waals surface area (Å²) in [6.07, 6.45) is 6.01. The van der Waals surface area contributed by atoms with Crippen LogP contribution in [0.15, 0.2) is 42.9 Å². The zero-order chi connectivity index (χ0) is 13.2.